The second-order valence-corrected chi connectivity index (χ2v) is 4.84. The molecule has 0 aromatic heterocycles. The number of rotatable bonds is 5. The first-order valence-electron chi connectivity index (χ1n) is 4.56. The highest BCUT2D eigenvalue weighted by molar-refractivity contribution is 9.09. The fourth-order valence-electron chi connectivity index (χ4n) is 0.982. The molecule has 0 atom stereocenters. The van der Waals surface area contributed by atoms with Gasteiger partial charge < -0.3 is 4.74 Å². The highest BCUT2D eigenvalue weighted by atomic mass is 79.9. The van der Waals surface area contributed by atoms with Crippen LogP contribution in [0.3, 0.4) is 0 Å². The normalized spacial score (nSPS) is 11.5. The standard InChI is InChI=1S/C10H10BrF3OS/c11-6-1-7-15-8-2-4-9(5-3-8)16-10(12,13)14/h2-5H,1,6-7H2. The molecule has 0 heterocycles. The summed E-state index contributed by atoms with van der Waals surface area (Å²) in [4.78, 5) is 0.167. The molecule has 0 saturated carbocycles. The van der Waals surface area contributed by atoms with Crippen LogP contribution in [-0.4, -0.2) is 17.4 Å². The molecule has 0 spiro atoms. The van der Waals surface area contributed by atoms with Crippen molar-refractivity contribution in [2.75, 3.05) is 11.9 Å². The van der Waals surface area contributed by atoms with E-state index in [2.05, 4.69) is 15.9 Å². The summed E-state index contributed by atoms with van der Waals surface area (Å²) >= 11 is 3.13. The first-order valence-corrected chi connectivity index (χ1v) is 6.49. The number of alkyl halides is 4. The molecule has 0 saturated heterocycles. The van der Waals surface area contributed by atoms with E-state index in [1.54, 1.807) is 12.1 Å². The SMILES string of the molecule is FC(F)(F)Sc1ccc(OCCCBr)cc1. The fourth-order valence-corrected chi connectivity index (χ4v) is 1.75. The quantitative estimate of drug-likeness (QED) is 0.451. The van der Waals surface area contributed by atoms with Crippen molar-refractivity contribution >= 4 is 27.7 Å². The lowest BCUT2D eigenvalue weighted by molar-refractivity contribution is -0.0328. The minimum absolute atomic E-state index is 0.125. The molecule has 0 bridgehead atoms. The second-order valence-electron chi connectivity index (χ2n) is 2.91. The maximum atomic E-state index is 12.0. The van der Waals surface area contributed by atoms with Crippen molar-refractivity contribution in [3.05, 3.63) is 24.3 Å². The van der Waals surface area contributed by atoms with Gasteiger partial charge in [0.1, 0.15) is 5.75 Å². The number of hydrogen-bond donors (Lipinski definition) is 0. The number of ether oxygens (including phenoxy) is 1. The molecule has 0 amide bonds. The van der Waals surface area contributed by atoms with Crippen molar-refractivity contribution in [3.63, 3.8) is 0 Å². The smallest absolute Gasteiger partial charge is 0.446 e. The predicted octanol–water partition coefficient (Wildman–Crippen LogP) is 4.46. The van der Waals surface area contributed by atoms with Crippen LogP contribution in [0.15, 0.2) is 29.2 Å². The molecule has 0 aliphatic carbocycles. The van der Waals surface area contributed by atoms with Crippen molar-refractivity contribution in [1.82, 2.24) is 0 Å². The fraction of sp³-hybridized carbons (Fsp3) is 0.400. The van der Waals surface area contributed by atoms with Crippen LogP contribution < -0.4 is 4.74 Å². The molecule has 0 fully saturated rings. The molecule has 90 valence electrons. The van der Waals surface area contributed by atoms with Gasteiger partial charge in [0.25, 0.3) is 0 Å². The van der Waals surface area contributed by atoms with Crippen LogP contribution in [-0.2, 0) is 0 Å². The van der Waals surface area contributed by atoms with E-state index in [1.807, 2.05) is 0 Å². The van der Waals surface area contributed by atoms with Crippen molar-refractivity contribution in [2.24, 2.45) is 0 Å². The molecule has 0 unspecified atom stereocenters. The predicted molar refractivity (Wildman–Crippen MR) is 62.3 cm³/mol. The Bertz CT molecular complexity index is 313. The molecule has 0 aliphatic heterocycles. The maximum Gasteiger partial charge on any atom is 0.446 e. The molecule has 0 radical (unpaired) electrons. The van der Waals surface area contributed by atoms with E-state index >= 15 is 0 Å². The monoisotopic (exact) mass is 314 g/mol. The Hall–Kier alpha value is -0.360. The minimum Gasteiger partial charge on any atom is -0.494 e. The highest BCUT2D eigenvalue weighted by Crippen LogP contribution is 2.37. The van der Waals surface area contributed by atoms with Crippen LogP contribution in [0.25, 0.3) is 0 Å². The first-order chi connectivity index (χ1) is 7.51. The van der Waals surface area contributed by atoms with E-state index in [1.165, 1.54) is 12.1 Å². The lowest BCUT2D eigenvalue weighted by Crippen LogP contribution is -1.99. The summed E-state index contributed by atoms with van der Waals surface area (Å²) in [7, 11) is 0. The second kappa shape index (κ2) is 6.39. The molecule has 0 N–H and O–H groups in total. The largest absolute Gasteiger partial charge is 0.494 e. The number of halogens is 4. The van der Waals surface area contributed by atoms with E-state index in [0.717, 1.165) is 11.8 Å². The molecule has 1 rings (SSSR count). The summed E-state index contributed by atoms with van der Waals surface area (Å²) < 4.78 is 41.4. The molecular weight excluding hydrogens is 305 g/mol. The van der Waals surface area contributed by atoms with Crippen molar-refractivity contribution in [2.45, 2.75) is 16.8 Å². The van der Waals surface area contributed by atoms with Gasteiger partial charge in [0.15, 0.2) is 0 Å². The van der Waals surface area contributed by atoms with Crippen molar-refractivity contribution in [1.29, 1.82) is 0 Å². The highest BCUT2D eigenvalue weighted by Gasteiger charge is 2.28. The maximum absolute atomic E-state index is 12.0. The summed E-state index contributed by atoms with van der Waals surface area (Å²) in [6.45, 7) is 0.553. The topological polar surface area (TPSA) is 9.23 Å². The van der Waals surface area contributed by atoms with E-state index in [9.17, 15) is 13.2 Å². The third kappa shape index (κ3) is 5.65. The molecule has 1 aromatic rings. The van der Waals surface area contributed by atoms with Gasteiger partial charge in [0.2, 0.25) is 0 Å². The molecular formula is C10H10BrF3OS. The van der Waals surface area contributed by atoms with E-state index in [4.69, 9.17) is 4.74 Å². The van der Waals surface area contributed by atoms with Gasteiger partial charge in [-0.15, -0.1) is 0 Å². The molecule has 6 heteroatoms. The number of thioether (sulfide) groups is 1. The van der Waals surface area contributed by atoms with Gasteiger partial charge in [-0.3, -0.25) is 0 Å². The van der Waals surface area contributed by atoms with Gasteiger partial charge in [-0.05, 0) is 42.4 Å². The number of benzene rings is 1. The third-order valence-corrected chi connectivity index (χ3v) is 2.90. The first kappa shape index (κ1) is 13.7. The Kier molecular flexibility index (Phi) is 5.48. The van der Waals surface area contributed by atoms with Gasteiger partial charge in [-0.25, -0.2) is 0 Å². The summed E-state index contributed by atoms with van der Waals surface area (Å²) in [5, 5.41) is 0.842. The van der Waals surface area contributed by atoms with Crippen LogP contribution >= 0.6 is 27.7 Å². The van der Waals surface area contributed by atoms with E-state index < -0.39 is 5.51 Å². The van der Waals surface area contributed by atoms with Crippen LogP contribution in [0.1, 0.15) is 6.42 Å². The number of hydrogen-bond acceptors (Lipinski definition) is 2. The van der Waals surface area contributed by atoms with Gasteiger partial charge in [-0.2, -0.15) is 13.2 Å². The molecule has 0 aliphatic rings. The molecule has 1 aromatic carbocycles. The van der Waals surface area contributed by atoms with Gasteiger partial charge in [0.05, 0.1) is 6.61 Å². The lowest BCUT2D eigenvalue weighted by Gasteiger charge is -2.07. The van der Waals surface area contributed by atoms with Crippen molar-refractivity contribution < 1.29 is 17.9 Å². The average molecular weight is 315 g/mol. The molecule has 1 nitrogen and oxygen atoms in total. The Balaban J connectivity index is 2.48. The van der Waals surface area contributed by atoms with Crippen LogP contribution in [0.5, 0.6) is 5.75 Å². The zero-order chi connectivity index (χ0) is 12.0. The Morgan fingerprint density at radius 2 is 1.81 bits per heavy atom. The van der Waals surface area contributed by atoms with E-state index in [0.29, 0.717) is 12.4 Å². The van der Waals surface area contributed by atoms with Crippen LogP contribution in [0, 0.1) is 0 Å². The third-order valence-electron chi connectivity index (χ3n) is 1.60. The van der Waals surface area contributed by atoms with Crippen molar-refractivity contribution in [3.8, 4) is 5.75 Å². The average Bonchev–Trinajstić information content (AvgIpc) is 2.19. The van der Waals surface area contributed by atoms with Gasteiger partial charge in [-0.1, -0.05) is 15.9 Å². The van der Waals surface area contributed by atoms with Gasteiger partial charge in [0, 0.05) is 10.2 Å². The zero-order valence-corrected chi connectivity index (χ0v) is 10.7. The van der Waals surface area contributed by atoms with Crippen LogP contribution in [0.2, 0.25) is 0 Å². The Labute approximate surface area is 104 Å². The molecule has 16 heavy (non-hydrogen) atoms. The van der Waals surface area contributed by atoms with Crippen LogP contribution in [0.4, 0.5) is 13.2 Å². The summed E-state index contributed by atoms with van der Waals surface area (Å²) in [5.74, 6) is 0.590. The Morgan fingerprint density at radius 3 is 2.31 bits per heavy atom. The van der Waals surface area contributed by atoms with Gasteiger partial charge >= 0.3 is 5.51 Å². The zero-order valence-electron chi connectivity index (χ0n) is 8.26. The summed E-state index contributed by atoms with van der Waals surface area (Å²) in [6, 6.07) is 5.90. The van der Waals surface area contributed by atoms with E-state index in [-0.39, 0.29) is 16.7 Å². The summed E-state index contributed by atoms with van der Waals surface area (Å²) in [5.41, 5.74) is -4.24. The lowest BCUT2D eigenvalue weighted by atomic mass is 10.3. The Morgan fingerprint density at radius 1 is 1.19 bits per heavy atom. The minimum atomic E-state index is -4.24. The summed E-state index contributed by atoms with van der Waals surface area (Å²) in [6.07, 6.45) is 0.860.